The molecule has 4 nitrogen and oxygen atoms in total. The SMILES string of the molecule is CCCCCCCC/C=C\CCCCCCCC(=O)N[C@@H](C)C(=O)OC(C)(C)C. The number of hydrogen-bond donors (Lipinski definition) is 1. The van der Waals surface area contributed by atoms with Crippen LogP contribution < -0.4 is 5.32 Å². The van der Waals surface area contributed by atoms with E-state index in [0.29, 0.717) is 6.42 Å². The summed E-state index contributed by atoms with van der Waals surface area (Å²) in [4.78, 5) is 23.8. The highest BCUT2D eigenvalue weighted by molar-refractivity contribution is 5.84. The Labute approximate surface area is 180 Å². The number of rotatable bonds is 17. The third kappa shape index (κ3) is 19.8. The van der Waals surface area contributed by atoms with Gasteiger partial charge >= 0.3 is 5.97 Å². The van der Waals surface area contributed by atoms with Gasteiger partial charge in [-0.25, -0.2) is 4.79 Å². The van der Waals surface area contributed by atoms with E-state index in [0.717, 1.165) is 12.8 Å². The van der Waals surface area contributed by atoms with Crippen molar-refractivity contribution in [2.45, 2.75) is 136 Å². The predicted octanol–water partition coefficient (Wildman–Crippen LogP) is 6.87. The average molecular weight is 410 g/mol. The van der Waals surface area contributed by atoms with E-state index in [1.165, 1.54) is 70.6 Å². The second kappa shape index (κ2) is 17.5. The number of allylic oxidation sites excluding steroid dienone is 2. The molecular weight excluding hydrogens is 362 g/mol. The van der Waals surface area contributed by atoms with Crippen LogP contribution in [0.5, 0.6) is 0 Å². The van der Waals surface area contributed by atoms with Crippen LogP contribution in [-0.2, 0) is 14.3 Å². The quantitative estimate of drug-likeness (QED) is 0.162. The van der Waals surface area contributed by atoms with Crippen LogP contribution in [0.2, 0.25) is 0 Å². The molecule has 0 bridgehead atoms. The fourth-order valence-electron chi connectivity index (χ4n) is 3.12. The summed E-state index contributed by atoms with van der Waals surface area (Å²) in [5.41, 5.74) is -0.528. The molecule has 0 aliphatic heterocycles. The normalized spacial score (nSPS) is 12.9. The van der Waals surface area contributed by atoms with Gasteiger partial charge in [0.05, 0.1) is 0 Å². The molecule has 0 spiro atoms. The number of hydrogen-bond acceptors (Lipinski definition) is 3. The van der Waals surface area contributed by atoms with Crippen LogP contribution >= 0.6 is 0 Å². The third-order valence-corrected chi connectivity index (χ3v) is 4.80. The number of carbonyl (C=O) groups excluding carboxylic acids is 2. The van der Waals surface area contributed by atoms with Crippen LogP contribution in [0.15, 0.2) is 12.2 Å². The summed E-state index contributed by atoms with van der Waals surface area (Å²) in [6.45, 7) is 9.40. The third-order valence-electron chi connectivity index (χ3n) is 4.80. The van der Waals surface area contributed by atoms with E-state index >= 15 is 0 Å². The molecule has 0 aliphatic rings. The Morgan fingerprint density at radius 2 is 1.31 bits per heavy atom. The molecule has 0 aliphatic carbocycles. The number of esters is 1. The fraction of sp³-hybridized carbons (Fsp3) is 0.840. The molecule has 170 valence electrons. The Kier molecular flexibility index (Phi) is 16.7. The zero-order valence-electron chi connectivity index (χ0n) is 19.9. The van der Waals surface area contributed by atoms with Gasteiger partial charge in [0.2, 0.25) is 5.91 Å². The van der Waals surface area contributed by atoms with Gasteiger partial charge in [-0.3, -0.25) is 4.79 Å². The average Bonchev–Trinajstić information content (AvgIpc) is 2.63. The predicted molar refractivity (Wildman–Crippen MR) is 123 cm³/mol. The Morgan fingerprint density at radius 1 is 0.828 bits per heavy atom. The van der Waals surface area contributed by atoms with Crippen molar-refractivity contribution in [2.75, 3.05) is 0 Å². The van der Waals surface area contributed by atoms with Crippen molar-refractivity contribution in [3.63, 3.8) is 0 Å². The summed E-state index contributed by atoms with van der Waals surface area (Å²) in [7, 11) is 0. The molecule has 1 amide bonds. The van der Waals surface area contributed by atoms with E-state index in [4.69, 9.17) is 4.74 Å². The summed E-state index contributed by atoms with van der Waals surface area (Å²) < 4.78 is 5.27. The molecule has 0 rings (SSSR count). The van der Waals surface area contributed by atoms with E-state index in [-0.39, 0.29) is 11.9 Å². The molecule has 0 aromatic rings. The maximum Gasteiger partial charge on any atom is 0.328 e. The molecule has 0 aromatic carbocycles. The highest BCUT2D eigenvalue weighted by Gasteiger charge is 2.22. The number of amides is 1. The summed E-state index contributed by atoms with van der Waals surface area (Å²) >= 11 is 0. The van der Waals surface area contributed by atoms with E-state index in [1.54, 1.807) is 6.92 Å². The minimum Gasteiger partial charge on any atom is -0.458 e. The molecule has 29 heavy (non-hydrogen) atoms. The smallest absolute Gasteiger partial charge is 0.328 e. The molecule has 0 unspecified atom stereocenters. The van der Waals surface area contributed by atoms with E-state index in [2.05, 4.69) is 24.4 Å². The van der Waals surface area contributed by atoms with E-state index in [1.807, 2.05) is 20.8 Å². The van der Waals surface area contributed by atoms with Crippen LogP contribution in [0.1, 0.15) is 125 Å². The summed E-state index contributed by atoms with van der Waals surface area (Å²) in [5, 5.41) is 2.73. The Morgan fingerprint density at radius 3 is 1.83 bits per heavy atom. The molecule has 4 heteroatoms. The minimum absolute atomic E-state index is 0.0685. The van der Waals surface area contributed by atoms with Crippen molar-refractivity contribution >= 4 is 11.9 Å². The summed E-state index contributed by atoms with van der Waals surface area (Å²) in [6.07, 6.45) is 21.3. The van der Waals surface area contributed by atoms with Crippen LogP contribution in [0.4, 0.5) is 0 Å². The Balaban J connectivity index is 3.50. The van der Waals surface area contributed by atoms with E-state index in [9.17, 15) is 9.59 Å². The lowest BCUT2D eigenvalue weighted by atomic mass is 10.1. The monoisotopic (exact) mass is 409 g/mol. The standard InChI is InChI=1S/C25H47NO3/c1-6-7-8-9-10-11-12-13-14-15-16-17-18-19-20-21-23(27)26-22(2)24(28)29-25(3,4)5/h13-14,22H,6-12,15-21H2,1-5H3,(H,26,27)/b14-13-/t22-/m0/s1. The number of unbranched alkanes of at least 4 members (excludes halogenated alkanes) is 11. The highest BCUT2D eigenvalue weighted by Crippen LogP contribution is 2.11. The highest BCUT2D eigenvalue weighted by atomic mass is 16.6. The van der Waals surface area contributed by atoms with Gasteiger partial charge in [0.25, 0.3) is 0 Å². The topological polar surface area (TPSA) is 55.4 Å². The number of nitrogens with one attached hydrogen (secondary N) is 1. The lowest BCUT2D eigenvalue weighted by Gasteiger charge is -2.22. The van der Waals surface area contributed by atoms with Gasteiger partial charge in [0.1, 0.15) is 11.6 Å². The van der Waals surface area contributed by atoms with Crippen LogP contribution in [0.25, 0.3) is 0 Å². The van der Waals surface area contributed by atoms with Gasteiger partial charge in [-0.05, 0) is 59.8 Å². The van der Waals surface area contributed by atoms with Gasteiger partial charge in [-0.15, -0.1) is 0 Å². The van der Waals surface area contributed by atoms with E-state index < -0.39 is 11.6 Å². The molecule has 1 N–H and O–H groups in total. The van der Waals surface area contributed by atoms with Gasteiger partial charge in [0, 0.05) is 6.42 Å². The molecular formula is C25H47NO3. The maximum atomic E-state index is 11.9. The molecule has 1 atom stereocenters. The van der Waals surface area contributed by atoms with Crippen molar-refractivity contribution in [3.8, 4) is 0 Å². The summed E-state index contributed by atoms with van der Waals surface area (Å²) in [6, 6.07) is -0.593. The number of ether oxygens (including phenoxy) is 1. The first-order chi connectivity index (χ1) is 13.8. The molecule has 0 heterocycles. The lowest BCUT2D eigenvalue weighted by molar-refractivity contribution is -0.158. The zero-order valence-corrected chi connectivity index (χ0v) is 19.9. The van der Waals surface area contributed by atoms with Crippen molar-refractivity contribution in [1.29, 1.82) is 0 Å². The van der Waals surface area contributed by atoms with Gasteiger partial charge in [0.15, 0.2) is 0 Å². The molecule has 0 saturated heterocycles. The van der Waals surface area contributed by atoms with Gasteiger partial charge in [-0.1, -0.05) is 70.4 Å². The van der Waals surface area contributed by atoms with Crippen molar-refractivity contribution in [1.82, 2.24) is 5.32 Å². The lowest BCUT2D eigenvalue weighted by Crippen LogP contribution is -2.42. The van der Waals surface area contributed by atoms with Crippen molar-refractivity contribution < 1.29 is 14.3 Å². The largest absolute Gasteiger partial charge is 0.458 e. The Hall–Kier alpha value is -1.32. The van der Waals surface area contributed by atoms with Gasteiger partial charge in [-0.2, -0.15) is 0 Å². The Bertz CT molecular complexity index is 451. The first-order valence-corrected chi connectivity index (χ1v) is 11.9. The van der Waals surface area contributed by atoms with Crippen LogP contribution in [0.3, 0.4) is 0 Å². The van der Waals surface area contributed by atoms with Gasteiger partial charge < -0.3 is 10.1 Å². The van der Waals surface area contributed by atoms with Crippen LogP contribution in [-0.4, -0.2) is 23.5 Å². The zero-order chi connectivity index (χ0) is 22.0. The van der Waals surface area contributed by atoms with Crippen molar-refractivity contribution in [3.05, 3.63) is 12.2 Å². The molecule has 0 radical (unpaired) electrons. The first-order valence-electron chi connectivity index (χ1n) is 11.9. The number of carbonyl (C=O) groups is 2. The fourth-order valence-corrected chi connectivity index (χ4v) is 3.12. The maximum absolute atomic E-state index is 11.9. The molecule has 0 saturated carbocycles. The van der Waals surface area contributed by atoms with Crippen LogP contribution in [0, 0.1) is 0 Å². The minimum atomic E-state index is -0.593. The molecule has 0 fully saturated rings. The summed E-state index contributed by atoms with van der Waals surface area (Å²) in [5.74, 6) is -0.448. The molecule has 0 aromatic heterocycles. The van der Waals surface area contributed by atoms with Crippen molar-refractivity contribution in [2.24, 2.45) is 0 Å². The second-order valence-electron chi connectivity index (χ2n) is 9.16. The first kappa shape index (κ1) is 27.7. The second-order valence-corrected chi connectivity index (χ2v) is 9.16.